The Labute approximate surface area is 135 Å². The number of nitriles is 1. The molecule has 7 heteroatoms. The summed E-state index contributed by atoms with van der Waals surface area (Å²) in [6.07, 6.45) is 3.63. The molecule has 23 heavy (non-hydrogen) atoms. The van der Waals surface area contributed by atoms with Crippen LogP contribution in [0.2, 0.25) is 0 Å². The van der Waals surface area contributed by atoms with Crippen LogP contribution in [0.25, 0.3) is 10.9 Å². The van der Waals surface area contributed by atoms with Gasteiger partial charge in [0, 0.05) is 36.9 Å². The number of nitrogens with zero attached hydrogens (tertiary/aromatic N) is 4. The Morgan fingerprint density at radius 1 is 1.30 bits per heavy atom. The van der Waals surface area contributed by atoms with Gasteiger partial charge in [-0.15, -0.1) is 0 Å². The van der Waals surface area contributed by atoms with Crippen molar-refractivity contribution >= 4 is 22.7 Å². The fourth-order valence-corrected chi connectivity index (χ4v) is 2.56. The molecule has 1 fully saturated rings. The van der Waals surface area contributed by atoms with E-state index in [1.54, 1.807) is 12.3 Å². The predicted molar refractivity (Wildman–Crippen MR) is 88.3 cm³/mol. The van der Waals surface area contributed by atoms with Crippen molar-refractivity contribution in [3.63, 3.8) is 0 Å². The van der Waals surface area contributed by atoms with Crippen LogP contribution in [0, 0.1) is 11.3 Å². The van der Waals surface area contributed by atoms with Gasteiger partial charge in [-0.2, -0.15) is 5.26 Å². The number of hydrogen-bond donors (Lipinski definition) is 2. The first-order valence-electron chi connectivity index (χ1n) is 7.84. The summed E-state index contributed by atoms with van der Waals surface area (Å²) < 4.78 is 5.36. The minimum Gasteiger partial charge on any atom is -0.381 e. The molecule has 3 heterocycles. The molecule has 1 saturated heterocycles. The van der Waals surface area contributed by atoms with E-state index in [4.69, 9.17) is 10.00 Å². The highest BCUT2D eigenvalue weighted by molar-refractivity contribution is 5.89. The Morgan fingerprint density at radius 3 is 2.78 bits per heavy atom. The first kappa shape index (κ1) is 15.4. The van der Waals surface area contributed by atoms with Crippen LogP contribution in [0.5, 0.6) is 0 Å². The van der Waals surface area contributed by atoms with Crippen molar-refractivity contribution in [3.8, 4) is 6.07 Å². The number of hydrogen-bond acceptors (Lipinski definition) is 7. The second-order valence-electron chi connectivity index (χ2n) is 5.93. The summed E-state index contributed by atoms with van der Waals surface area (Å²) in [5.41, 5.74) is 1.08. The molecule has 2 N–H and O–H groups in total. The van der Waals surface area contributed by atoms with Crippen molar-refractivity contribution in [2.24, 2.45) is 0 Å². The fourth-order valence-electron chi connectivity index (χ4n) is 2.56. The lowest BCUT2D eigenvalue weighted by molar-refractivity contribution is 0.0903. The average molecular weight is 312 g/mol. The summed E-state index contributed by atoms with van der Waals surface area (Å²) in [6.45, 7) is 5.57. The molecule has 0 bridgehead atoms. The largest absolute Gasteiger partial charge is 0.381 e. The quantitative estimate of drug-likeness (QED) is 0.894. The SMILES string of the molecule is CC(C)Nc1nc(C#N)cc2cnc(NC3CCOCC3)nc12. The van der Waals surface area contributed by atoms with E-state index in [1.165, 1.54) is 0 Å². The third kappa shape index (κ3) is 3.66. The number of rotatable bonds is 4. The van der Waals surface area contributed by atoms with Crippen LogP contribution in [0.1, 0.15) is 32.4 Å². The molecule has 0 atom stereocenters. The Kier molecular flexibility index (Phi) is 4.53. The molecule has 0 unspecified atom stereocenters. The molecule has 7 nitrogen and oxygen atoms in total. The molecule has 0 saturated carbocycles. The van der Waals surface area contributed by atoms with Gasteiger partial charge in [0.25, 0.3) is 0 Å². The highest BCUT2D eigenvalue weighted by Gasteiger charge is 2.16. The third-order valence-corrected chi connectivity index (χ3v) is 3.66. The van der Waals surface area contributed by atoms with Crippen molar-refractivity contribution in [2.45, 2.75) is 38.8 Å². The molecule has 1 aliphatic heterocycles. The predicted octanol–water partition coefficient (Wildman–Crippen LogP) is 2.31. The molecule has 2 aromatic heterocycles. The molecular formula is C16H20N6O. The van der Waals surface area contributed by atoms with Gasteiger partial charge in [-0.25, -0.2) is 15.0 Å². The number of fused-ring (bicyclic) bond motifs is 1. The van der Waals surface area contributed by atoms with Crippen molar-refractivity contribution < 1.29 is 4.74 Å². The number of pyridine rings is 1. The summed E-state index contributed by atoms with van der Waals surface area (Å²) in [4.78, 5) is 13.3. The lowest BCUT2D eigenvalue weighted by atomic mass is 10.1. The van der Waals surface area contributed by atoms with E-state index in [-0.39, 0.29) is 6.04 Å². The van der Waals surface area contributed by atoms with Gasteiger partial charge in [-0.1, -0.05) is 0 Å². The second-order valence-corrected chi connectivity index (χ2v) is 5.93. The number of aromatic nitrogens is 3. The zero-order chi connectivity index (χ0) is 16.2. The van der Waals surface area contributed by atoms with Gasteiger partial charge in [0.2, 0.25) is 5.95 Å². The molecule has 0 spiro atoms. The zero-order valence-electron chi connectivity index (χ0n) is 13.3. The van der Waals surface area contributed by atoms with E-state index in [2.05, 4.69) is 31.7 Å². The van der Waals surface area contributed by atoms with Gasteiger partial charge >= 0.3 is 0 Å². The van der Waals surface area contributed by atoms with E-state index in [1.807, 2.05) is 13.8 Å². The standard InChI is InChI=1S/C16H20N6O/c1-10(2)19-15-14-11(7-13(8-17)20-15)9-18-16(22-14)21-12-3-5-23-6-4-12/h7,9-10,12H,3-6H2,1-2H3,(H,19,20)(H,18,21,22). The first-order valence-corrected chi connectivity index (χ1v) is 7.84. The average Bonchev–Trinajstić information content (AvgIpc) is 2.55. The number of anilines is 2. The van der Waals surface area contributed by atoms with Crippen LogP contribution in [0.4, 0.5) is 11.8 Å². The third-order valence-electron chi connectivity index (χ3n) is 3.66. The summed E-state index contributed by atoms with van der Waals surface area (Å²) >= 11 is 0. The maximum absolute atomic E-state index is 9.12. The lowest BCUT2D eigenvalue weighted by Crippen LogP contribution is -2.28. The van der Waals surface area contributed by atoms with Crippen molar-refractivity contribution in [1.29, 1.82) is 5.26 Å². The summed E-state index contributed by atoms with van der Waals surface area (Å²) in [6, 6.07) is 4.31. The molecule has 0 aromatic carbocycles. The molecule has 120 valence electrons. The smallest absolute Gasteiger partial charge is 0.223 e. The summed E-state index contributed by atoms with van der Waals surface area (Å²) in [5.74, 6) is 1.20. The maximum atomic E-state index is 9.12. The van der Waals surface area contributed by atoms with Gasteiger partial charge in [-0.3, -0.25) is 0 Å². The normalized spacial score (nSPS) is 15.6. The Morgan fingerprint density at radius 2 is 2.09 bits per heavy atom. The molecule has 1 aliphatic rings. The zero-order valence-corrected chi connectivity index (χ0v) is 13.3. The van der Waals surface area contributed by atoms with Crippen molar-refractivity contribution in [1.82, 2.24) is 15.0 Å². The number of nitrogens with one attached hydrogen (secondary N) is 2. The van der Waals surface area contributed by atoms with Crippen LogP contribution >= 0.6 is 0 Å². The highest BCUT2D eigenvalue weighted by atomic mass is 16.5. The van der Waals surface area contributed by atoms with E-state index in [9.17, 15) is 0 Å². The van der Waals surface area contributed by atoms with E-state index < -0.39 is 0 Å². The van der Waals surface area contributed by atoms with E-state index >= 15 is 0 Å². The molecule has 0 aliphatic carbocycles. The lowest BCUT2D eigenvalue weighted by Gasteiger charge is -2.23. The Hall–Kier alpha value is -2.46. The molecule has 0 amide bonds. The van der Waals surface area contributed by atoms with Crippen LogP contribution in [0.15, 0.2) is 12.3 Å². The molecule has 0 radical (unpaired) electrons. The van der Waals surface area contributed by atoms with Gasteiger partial charge in [-0.05, 0) is 32.8 Å². The minimum absolute atomic E-state index is 0.196. The maximum Gasteiger partial charge on any atom is 0.223 e. The molecule has 3 rings (SSSR count). The van der Waals surface area contributed by atoms with Crippen molar-refractivity contribution in [3.05, 3.63) is 18.0 Å². The van der Waals surface area contributed by atoms with E-state index in [0.29, 0.717) is 23.5 Å². The van der Waals surface area contributed by atoms with E-state index in [0.717, 1.165) is 37.0 Å². The Bertz CT molecular complexity index is 733. The van der Waals surface area contributed by atoms with Gasteiger partial charge in [0.15, 0.2) is 5.82 Å². The van der Waals surface area contributed by atoms with Crippen LogP contribution in [-0.4, -0.2) is 40.2 Å². The minimum atomic E-state index is 0.196. The summed E-state index contributed by atoms with van der Waals surface area (Å²) in [7, 11) is 0. The highest BCUT2D eigenvalue weighted by Crippen LogP contribution is 2.23. The monoisotopic (exact) mass is 312 g/mol. The number of ether oxygens (including phenoxy) is 1. The van der Waals surface area contributed by atoms with Gasteiger partial charge in [0.1, 0.15) is 17.3 Å². The summed E-state index contributed by atoms with van der Waals surface area (Å²) in [5, 5.41) is 16.5. The molecule has 2 aromatic rings. The topological polar surface area (TPSA) is 95.8 Å². The van der Waals surface area contributed by atoms with Gasteiger partial charge < -0.3 is 15.4 Å². The van der Waals surface area contributed by atoms with Crippen molar-refractivity contribution in [2.75, 3.05) is 23.8 Å². The van der Waals surface area contributed by atoms with Crippen LogP contribution in [0.3, 0.4) is 0 Å². The van der Waals surface area contributed by atoms with Crippen LogP contribution in [-0.2, 0) is 4.74 Å². The first-order chi connectivity index (χ1) is 11.2. The fraction of sp³-hybridized carbons (Fsp3) is 0.500. The molecular weight excluding hydrogens is 292 g/mol. The van der Waals surface area contributed by atoms with Gasteiger partial charge in [0.05, 0.1) is 0 Å². The van der Waals surface area contributed by atoms with Crippen LogP contribution < -0.4 is 10.6 Å². The second kappa shape index (κ2) is 6.75. The Balaban J connectivity index is 1.94.